The summed E-state index contributed by atoms with van der Waals surface area (Å²) < 4.78 is 43.5. The Bertz CT molecular complexity index is 1830. The number of nitrogens with zero attached hydrogens (tertiary/aromatic N) is 4. The number of rotatable bonds is 7. The molecule has 0 aliphatic heterocycles. The first kappa shape index (κ1) is 22.8. The Balaban J connectivity index is 1.34. The standard InChI is InChI=1S/C26H18N6O3S2/c33-37(34,23-12-6-11-22-24(23)31-36-30-22)32-26-25(28-20-9-4-5-10-21(20)29-26)27-17-13-15-19(16-14-17)35-18-7-2-1-3-8-18/h1-16H,(H,27,28)(H,29,32). The van der Waals surface area contributed by atoms with Crippen molar-refractivity contribution in [3.8, 4) is 11.5 Å². The number of ether oxygens (including phenoxy) is 1. The van der Waals surface area contributed by atoms with Gasteiger partial charge in [0.2, 0.25) is 0 Å². The van der Waals surface area contributed by atoms with E-state index in [1.807, 2.05) is 72.8 Å². The zero-order chi connectivity index (χ0) is 25.2. The lowest BCUT2D eigenvalue weighted by Gasteiger charge is -2.14. The fourth-order valence-corrected chi connectivity index (χ4v) is 5.48. The average molecular weight is 527 g/mol. The van der Waals surface area contributed by atoms with Crippen molar-refractivity contribution in [3.63, 3.8) is 0 Å². The van der Waals surface area contributed by atoms with Gasteiger partial charge in [-0.3, -0.25) is 4.72 Å². The molecule has 0 radical (unpaired) electrons. The Morgan fingerprint density at radius 2 is 1.30 bits per heavy atom. The molecule has 2 heterocycles. The molecule has 6 rings (SSSR count). The Morgan fingerprint density at radius 1 is 0.649 bits per heavy atom. The molecule has 0 saturated heterocycles. The van der Waals surface area contributed by atoms with Crippen molar-refractivity contribution in [2.24, 2.45) is 0 Å². The first-order valence-electron chi connectivity index (χ1n) is 11.2. The molecule has 0 fully saturated rings. The SMILES string of the molecule is O=S(=O)(Nc1nc2ccccc2nc1Nc1ccc(Oc2ccccc2)cc1)c1cccc2nsnc12. The molecule has 0 aliphatic rings. The van der Waals surface area contributed by atoms with Crippen LogP contribution in [0.25, 0.3) is 22.1 Å². The van der Waals surface area contributed by atoms with Gasteiger partial charge < -0.3 is 10.1 Å². The summed E-state index contributed by atoms with van der Waals surface area (Å²) in [5.41, 5.74) is 2.65. The molecule has 182 valence electrons. The third-order valence-corrected chi connectivity index (χ3v) is 7.35. The summed E-state index contributed by atoms with van der Waals surface area (Å²) in [5.74, 6) is 1.70. The van der Waals surface area contributed by atoms with Crippen molar-refractivity contribution < 1.29 is 13.2 Å². The maximum atomic E-state index is 13.4. The van der Waals surface area contributed by atoms with E-state index in [0.717, 1.165) is 17.5 Å². The molecule has 0 atom stereocenters. The van der Waals surface area contributed by atoms with E-state index in [9.17, 15) is 8.42 Å². The fraction of sp³-hybridized carbons (Fsp3) is 0. The van der Waals surface area contributed by atoms with E-state index in [1.54, 1.807) is 18.2 Å². The highest BCUT2D eigenvalue weighted by Gasteiger charge is 2.23. The molecule has 0 saturated carbocycles. The second-order valence-electron chi connectivity index (χ2n) is 7.97. The fourth-order valence-electron chi connectivity index (χ4n) is 3.71. The molecule has 0 unspecified atom stereocenters. The summed E-state index contributed by atoms with van der Waals surface area (Å²) in [7, 11) is -4.04. The number of nitrogens with one attached hydrogen (secondary N) is 2. The van der Waals surface area contributed by atoms with Crippen LogP contribution in [-0.4, -0.2) is 27.1 Å². The molecule has 11 heteroatoms. The molecular formula is C26H18N6O3S2. The van der Waals surface area contributed by atoms with Crippen LogP contribution >= 0.6 is 11.7 Å². The highest BCUT2D eigenvalue weighted by molar-refractivity contribution is 7.93. The minimum absolute atomic E-state index is 0.0158. The van der Waals surface area contributed by atoms with Gasteiger partial charge in [-0.15, -0.1) is 0 Å². The van der Waals surface area contributed by atoms with Gasteiger partial charge in [0.15, 0.2) is 11.6 Å². The van der Waals surface area contributed by atoms with Crippen molar-refractivity contribution in [2.45, 2.75) is 4.90 Å². The molecule has 4 aromatic carbocycles. The van der Waals surface area contributed by atoms with Gasteiger partial charge in [-0.05, 0) is 60.7 Å². The second-order valence-corrected chi connectivity index (χ2v) is 10.1. The zero-order valence-corrected chi connectivity index (χ0v) is 20.7. The number of hydrogen-bond acceptors (Lipinski definition) is 9. The summed E-state index contributed by atoms with van der Waals surface area (Å²) in [4.78, 5) is 9.20. The van der Waals surface area contributed by atoms with E-state index >= 15 is 0 Å². The zero-order valence-electron chi connectivity index (χ0n) is 19.1. The monoisotopic (exact) mass is 526 g/mol. The third kappa shape index (κ3) is 4.77. The predicted octanol–water partition coefficient (Wildman–Crippen LogP) is 5.97. The Hall–Kier alpha value is -4.61. The van der Waals surface area contributed by atoms with Crippen molar-refractivity contribution in [3.05, 3.63) is 97.1 Å². The lowest BCUT2D eigenvalue weighted by molar-refractivity contribution is 0.483. The Morgan fingerprint density at radius 3 is 2.05 bits per heavy atom. The van der Waals surface area contributed by atoms with Crippen LogP contribution in [0, 0.1) is 0 Å². The summed E-state index contributed by atoms with van der Waals surface area (Å²) in [5, 5.41) is 3.18. The second kappa shape index (κ2) is 9.45. The quantitative estimate of drug-likeness (QED) is 0.261. The number of sulfonamides is 1. The molecule has 9 nitrogen and oxygen atoms in total. The summed E-state index contributed by atoms with van der Waals surface area (Å²) in [6.07, 6.45) is 0. The highest BCUT2D eigenvalue weighted by atomic mass is 32.2. The van der Waals surface area contributed by atoms with Crippen LogP contribution in [0.3, 0.4) is 0 Å². The van der Waals surface area contributed by atoms with Gasteiger partial charge in [0.25, 0.3) is 10.0 Å². The van der Waals surface area contributed by atoms with Gasteiger partial charge in [0.05, 0.1) is 22.8 Å². The van der Waals surface area contributed by atoms with E-state index in [0.29, 0.717) is 33.5 Å². The normalized spacial score (nSPS) is 11.5. The molecule has 0 bridgehead atoms. The molecule has 2 aromatic heterocycles. The largest absolute Gasteiger partial charge is 0.457 e. The van der Waals surface area contributed by atoms with Gasteiger partial charge in [-0.2, -0.15) is 8.75 Å². The molecular weight excluding hydrogens is 508 g/mol. The van der Waals surface area contributed by atoms with Crippen LogP contribution in [0.1, 0.15) is 0 Å². The first-order chi connectivity index (χ1) is 18.0. The van der Waals surface area contributed by atoms with Crippen LogP contribution in [0.15, 0.2) is 102 Å². The minimum Gasteiger partial charge on any atom is -0.457 e. The molecule has 0 aliphatic carbocycles. The first-order valence-corrected chi connectivity index (χ1v) is 13.4. The van der Waals surface area contributed by atoms with Crippen LogP contribution in [0.2, 0.25) is 0 Å². The maximum absolute atomic E-state index is 13.4. The van der Waals surface area contributed by atoms with E-state index in [2.05, 4.69) is 28.8 Å². The van der Waals surface area contributed by atoms with Crippen LogP contribution in [-0.2, 0) is 10.0 Å². The molecule has 0 spiro atoms. The molecule has 2 N–H and O–H groups in total. The van der Waals surface area contributed by atoms with Crippen LogP contribution in [0.5, 0.6) is 11.5 Å². The van der Waals surface area contributed by atoms with Crippen molar-refractivity contribution in [1.82, 2.24) is 18.7 Å². The van der Waals surface area contributed by atoms with Gasteiger partial charge >= 0.3 is 0 Å². The van der Waals surface area contributed by atoms with Gasteiger partial charge in [0.1, 0.15) is 27.4 Å². The number of aromatic nitrogens is 4. The van der Waals surface area contributed by atoms with E-state index in [4.69, 9.17) is 4.74 Å². The van der Waals surface area contributed by atoms with E-state index < -0.39 is 10.0 Å². The van der Waals surface area contributed by atoms with E-state index in [-0.39, 0.29) is 16.5 Å². The van der Waals surface area contributed by atoms with Crippen molar-refractivity contribution in [1.29, 1.82) is 0 Å². The number of benzene rings is 4. The van der Waals surface area contributed by atoms with E-state index in [1.165, 1.54) is 6.07 Å². The number of para-hydroxylation sites is 3. The van der Waals surface area contributed by atoms with Crippen molar-refractivity contribution in [2.75, 3.05) is 10.0 Å². The number of fused-ring (bicyclic) bond motifs is 2. The lowest BCUT2D eigenvalue weighted by Crippen LogP contribution is -2.16. The maximum Gasteiger partial charge on any atom is 0.265 e. The van der Waals surface area contributed by atoms with Gasteiger partial charge in [-0.25, -0.2) is 18.4 Å². The minimum atomic E-state index is -4.04. The lowest BCUT2D eigenvalue weighted by atomic mass is 10.3. The van der Waals surface area contributed by atoms with Crippen LogP contribution in [0.4, 0.5) is 17.3 Å². The van der Waals surface area contributed by atoms with Gasteiger partial charge in [-0.1, -0.05) is 36.4 Å². The average Bonchev–Trinajstić information content (AvgIpc) is 3.40. The summed E-state index contributed by atoms with van der Waals surface area (Å²) >= 11 is 0.955. The number of hydrogen-bond donors (Lipinski definition) is 2. The Labute approximate surface area is 216 Å². The van der Waals surface area contributed by atoms with Crippen LogP contribution < -0.4 is 14.8 Å². The third-order valence-electron chi connectivity index (χ3n) is 5.44. The number of anilines is 3. The smallest absolute Gasteiger partial charge is 0.265 e. The summed E-state index contributed by atoms with van der Waals surface area (Å²) in [6, 6.07) is 28.8. The highest BCUT2D eigenvalue weighted by Crippen LogP contribution is 2.30. The molecule has 0 amide bonds. The molecule has 6 aromatic rings. The molecule has 37 heavy (non-hydrogen) atoms. The summed E-state index contributed by atoms with van der Waals surface area (Å²) in [6.45, 7) is 0. The predicted molar refractivity (Wildman–Crippen MR) is 144 cm³/mol. The topological polar surface area (TPSA) is 119 Å². The van der Waals surface area contributed by atoms with Crippen molar-refractivity contribution >= 4 is 61.1 Å². The van der Waals surface area contributed by atoms with Gasteiger partial charge in [0, 0.05) is 5.69 Å². The Kier molecular flexibility index (Phi) is 5.83.